The number of hydrogen-bond donors (Lipinski definition) is 1. The van der Waals surface area contributed by atoms with E-state index in [0.29, 0.717) is 0 Å². The molecule has 3 heteroatoms. The molecule has 0 aromatic heterocycles. The maximum absolute atomic E-state index is 5.97. The summed E-state index contributed by atoms with van der Waals surface area (Å²) in [5, 5.41) is 0. The molecule has 0 aromatic rings. The van der Waals surface area contributed by atoms with Gasteiger partial charge in [-0.3, -0.25) is 4.90 Å². The van der Waals surface area contributed by atoms with Crippen LogP contribution in [0.4, 0.5) is 0 Å². The van der Waals surface area contributed by atoms with Crippen LogP contribution in [-0.2, 0) is 4.74 Å². The third-order valence-electron chi connectivity index (χ3n) is 3.72. The molecule has 2 rings (SSSR count). The van der Waals surface area contributed by atoms with Gasteiger partial charge in [-0.05, 0) is 46.2 Å². The Balaban J connectivity index is 2.10. The van der Waals surface area contributed by atoms with Crippen LogP contribution in [0.3, 0.4) is 0 Å². The van der Waals surface area contributed by atoms with Crippen molar-refractivity contribution < 1.29 is 4.74 Å². The predicted octanol–water partition coefficient (Wildman–Crippen LogP) is 0.979. The van der Waals surface area contributed by atoms with Crippen LogP contribution < -0.4 is 5.73 Å². The summed E-state index contributed by atoms with van der Waals surface area (Å²) in [6, 6.07) is 0. The normalized spacial score (nSPS) is 37.9. The SMILES string of the molecule is CC1(C)CC(CN)(N2CCC2)CCO1. The van der Waals surface area contributed by atoms with Crippen LogP contribution >= 0.6 is 0 Å². The van der Waals surface area contributed by atoms with Gasteiger partial charge >= 0.3 is 0 Å². The Morgan fingerprint density at radius 1 is 1.36 bits per heavy atom. The summed E-state index contributed by atoms with van der Waals surface area (Å²) < 4.78 is 5.76. The van der Waals surface area contributed by atoms with E-state index in [4.69, 9.17) is 10.5 Å². The lowest BCUT2D eigenvalue weighted by molar-refractivity contribution is -0.130. The first-order chi connectivity index (χ1) is 6.58. The minimum absolute atomic E-state index is 0.00715. The molecule has 0 radical (unpaired) electrons. The third kappa shape index (κ3) is 1.69. The lowest BCUT2D eigenvalue weighted by Gasteiger charge is -2.54. The third-order valence-corrected chi connectivity index (χ3v) is 3.72. The van der Waals surface area contributed by atoms with Gasteiger partial charge in [-0.15, -0.1) is 0 Å². The van der Waals surface area contributed by atoms with Gasteiger partial charge in [0.2, 0.25) is 0 Å². The highest BCUT2D eigenvalue weighted by Crippen LogP contribution is 2.37. The molecule has 0 spiro atoms. The van der Waals surface area contributed by atoms with Crippen LogP contribution in [0.2, 0.25) is 0 Å². The first kappa shape index (κ1) is 10.4. The van der Waals surface area contributed by atoms with Crippen LogP contribution in [-0.4, -0.2) is 42.3 Å². The lowest BCUT2D eigenvalue weighted by Crippen LogP contribution is -2.64. The maximum Gasteiger partial charge on any atom is 0.0644 e. The van der Waals surface area contributed by atoms with E-state index in [1.165, 1.54) is 19.5 Å². The van der Waals surface area contributed by atoms with Crippen molar-refractivity contribution in [3.05, 3.63) is 0 Å². The van der Waals surface area contributed by atoms with Crippen molar-refractivity contribution in [2.75, 3.05) is 26.2 Å². The second-order valence-electron chi connectivity index (χ2n) is 5.30. The summed E-state index contributed by atoms with van der Waals surface area (Å²) in [6.07, 6.45) is 3.52. The Labute approximate surface area is 86.6 Å². The summed E-state index contributed by atoms with van der Waals surface area (Å²) >= 11 is 0. The number of hydrogen-bond acceptors (Lipinski definition) is 3. The first-order valence-electron chi connectivity index (χ1n) is 5.67. The van der Waals surface area contributed by atoms with Gasteiger partial charge in [0.25, 0.3) is 0 Å². The molecule has 14 heavy (non-hydrogen) atoms. The van der Waals surface area contributed by atoms with Crippen molar-refractivity contribution in [3.63, 3.8) is 0 Å². The largest absolute Gasteiger partial charge is 0.375 e. The number of likely N-dealkylation sites (tertiary alicyclic amines) is 1. The highest BCUT2D eigenvalue weighted by atomic mass is 16.5. The monoisotopic (exact) mass is 198 g/mol. The van der Waals surface area contributed by atoms with Gasteiger partial charge in [-0.25, -0.2) is 0 Å². The van der Waals surface area contributed by atoms with Crippen LogP contribution in [0.25, 0.3) is 0 Å². The van der Waals surface area contributed by atoms with Gasteiger partial charge in [0.05, 0.1) is 5.60 Å². The van der Waals surface area contributed by atoms with E-state index in [2.05, 4.69) is 18.7 Å². The van der Waals surface area contributed by atoms with Crippen LogP contribution in [0, 0.1) is 0 Å². The number of nitrogens with zero attached hydrogens (tertiary/aromatic N) is 1. The highest BCUT2D eigenvalue weighted by Gasteiger charge is 2.45. The number of ether oxygens (including phenoxy) is 1. The fraction of sp³-hybridized carbons (Fsp3) is 1.00. The van der Waals surface area contributed by atoms with Crippen LogP contribution in [0.15, 0.2) is 0 Å². The topological polar surface area (TPSA) is 38.5 Å². The van der Waals surface area contributed by atoms with Crippen LogP contribution in [0.1, 0.15) is 33.1 Å². The van der Waals surface area contributed by atoms with E-state index in [0.717, 1.165) is 26.0 Å². The predicted molar refractivity (Wildman–Crippen MR) is 57.2 cm³/mol. The Hall–Kier alpha value is -0.120. The first-order valence-corrected chi connectivity index (χ1v) is 5.67. The van der Waals surface area contributed by atoms with Gasteiger partial charge in [0.1, 0.15) is 0 Å². The molecule has 2 aliphatic rings. The van der Waals surface area contributed by atoms with Gasteiger partial charge in [-0.2, -0.15) is 0 Å². The van der Waals surface area contributed by atoms with Crippen molar-refractivity contribution in [2.24, 2.45) is 5.73 Å². The van der Waals surface area contributed by atoms with Crippen molar-refractivity contribution in [3.8, 4) is 0 Å². The molecule has 1 unspecified atom stereocenters. The molecule has 0 amide bonds. The zero-order chi connectivity index (χ0) is 10.2. The minimum atomic E-state index is 0.00715. The minimum Gasteiger partial charge on any atom is -0.375 e. The average Bonchev–Trinajstić information content (AvgIpc) is 1.99. The van der Waals surface area contributed by atoms with Crippen molar-refractivity contribution in [1.29, 1.82) is 0 Å². The molecule has 2 fully saturated rings. The maximum atomic E-state index is 5.97. The molecule has 82 valence electrons. The van der Waals surface area contributed by atoms with Crippen LogP contribution in [0.5, 0.6) is 0 Å². The smallest absolute Gasteiger partial charge is 0.0644 e. The van der Waals surface area contributed by atoms with E-state index in [-0.39, 0.29) is 11.1 Å². The highest BCUT2D eigenvalue weighted by molar-refractivity contribution is 5.01. The number of rotatable bonds is 2. The molecule has 3 nitrogen and oxygen atoms in total. The molecule has 0 aliphatic carbocycles. The fourth-order valence-corrected chi connectivity index (χ4v) is 2.81. The standard InChI is InChI=1S/C11H22N2O/c1-10(2)8-11(9-12,4-7-14-10)13-5-3-6-13/h3-9,12H2,1-2H3. The van der Waals surface area contributed by atoms with E-state index < -0.39 is 0 Å². The molecule has 2 aliphatic heterocycles. The Morgan fingerprint density at radius 3 is 2.50 bits per heavy atom. The Kier molecular flexibility index (Phi) is 2.58. The molecular formula is C11H22N2O. The Morgan fingerprint density at radius 2 is 2.07 bits per heavy atom. The zero-order valence-electron chi connectivity index (χ0n) is 9.38. The van der Waals surface area contributed by atoms with E-state index in [9.17, 15) is 0 Å². The molecule has 2 saturated heterocycles. The molecule has 0 bridgehead atoms. The van der Waals surface area contributed by atoms with E-state index >= 15 is 0 Å². The Bertz CT molecular complexity index is 213. The molecule has 2 heterocycles. The molecule has 0 aromatic carbocycles. The summed E-state index contributed by atoms with van der Waals surface area (Å²) in [6.45, 7) is 8.45. The molecule has 1 atom stereocenters. The molecule has 0 saturated carbocycles. The molecular weight excluding hydrogens is 176 g/mol. The molecule has 2 N–H and O–H groups in total. The summed E-state index contributed by atoms with van der Waals surface area (Å²) in [7, 11) is 0. The van der Waals surface area contributed by atoms with Crippen molar-refractivity contribution in [1.82, 2.24) is 4.90 Å². The van der Waals surface area contributed by atoms with Gasteiger partial charge < -0.3 is 10.5 Å². The van der Waals surface area contributed by atoms with Crippen molar-refractivity contribution >= 4 is 0 Å². The summed E-state index contributed by atoms with van der Waals surface area (Å²) in [5.41, 5.74) is 6.22. The second-order valence-corrected chi connectivity index (χ2v) is 5.30. The van der Waals surface area contributed by atoms with E-state index in [1.54, 1.807) is 0 Å². The van der Waals surface area contributed by atoms with E-state index in [1.807, 2.05) is 0 Å². The fourth-order valence-electron chi connectivity index (χ4n) is 2.81. The number of nitrogens with two attached hydrogens (primary N) is 1. The van der Waals surface area contributed by atoms with Crippen molar-refractivity contribution in [2.45, 2.75) is 44.2 Å². The van der Waals surface area contributed by atoms with Gasteiger partial charge in [0, 0.05) is 18.7 Å². The second kappa shape index (κ2) is 3.47. The van der Waals surface area contributed by atoms with Gasteiger partial charge in [-0.1, -0.05) is 0 Å². The summed E-state index contributed by atoms with van der Waals surface area (Å²) in [5.74, 6) is 0. The average molecular weight is 198 g/mol. The summed E-state index contributed by atoms with van der Waals surface area (Å²) in [4.78, 5) is 2.55. The van der Waals surface area contributed by atoms with Gasteiger partial charge in [0.15, 0.2) is 0 Å². The lowest BCUT2D eigenvalue weighted by atomic mass is 9.78. The zero-order valence-corrected chi connectivity index (χ0v) is 9.38. The quantitative estimate of drug-likeness (QED) is 0.719.